The fraction of sp³-hybridized carbons (Fsp3) is 0.333. The van der Waals surface area contributed by atoms with Crippen LogP contribution < -0.4 is 10.6 Å². The molecular weight excluding hydrogens is 569 g/mol. The Balaban J connectivity index is 1.21. The second-order valence-corrected chi connectivity index (χ2v) is 12.2. The third kappa shape index (κ3) is 7.29. The Labute approximate surface area is 245 Å². The number of aryl methyl sites for hydroxylation is 2. The van der Waals surface area contributed by atoms with Gasteiger partial charge in [-0.15, -0.1) is 33.0 Å². The minimum Gasteiger partial charge on any atom is -0.385 e. The third-order valence-corrected chi connectivity index (χ3v) is 8.76. The first-order valence-electron chi connectivity index (χ1n) is 12.6. The predicted molar refractivity (Wildman–Crippen MR) is 158 cm³/mol. The lowest BCUT2D eigenvalue weighted by molar-refractivity contribution is -0.128. The van der Waals surface area contributed by atoms with Gasteiger partial charge in [0.1, 0.15) is 10.0 Å². The maximum atomic E-state index is 12.8. The van der Waals surface area contributed by atoms with Crippen molar-refractivity contribution in [2.45, 2.75) is 50.1 Å². The van der Waals surface area contributed by atoms with Crippen molar-refractivity contribution >= 4 is 57.4 Å². The van der Waals surface area contributed by atoms with Crippen molar-refractivity contribution in [3.8, 4) is 0 Å². The molecule has 210 valence electrons. The summed E-state index contributed by atoms with van der Waals surface area (Å²) in [6.45, 7) is 3.30. The average Bonchev–Trinajstić information content (AvgIpc) is 3.60. The quantitative estimate of drug-likeness (QED) is 0.0927. The van der Waals surface area contributed by atoms with E-state index in [4.69, 9.17) is 0 Å². The largest absolute Gasteiger partial charge is 0.385 e. The molecule has 0 spiro atoms. The van der Waals surface area contributed by atoms with Crippen LogP contribution in [0.25, 0.3) is 0 Å². The molecular formula is C27H30N6O4S3. The highest BCUT2D eigenvalue weighted by Crippen LogP contribution is 2.31. The van der Waals surface area contributed by atoms with Crippen LogP contribution in [0.3, 0.4) is 0 Å². The Morgan fingerprint density at radius 2 is 1.30 bits per heavy atom. The van der Waals surface area contributed by atoms with E-state index < -0.39 is 22.4 Å². The van der Waals surface area contributed by atoms with Crippen LogP contribution in [-0.2, 0) is 33.0 Å². The van der Waals surface area contributed by atoms with Crippen molar-refractivity contribution in [2.75, 3.05) is 10.6 Å². The molecule has 0 aliphatic rings. The zero-order valence-corrected chi connectivity index (χ0v) is 24.5. The monoisotopic (exact) mass is 598 g/mol. The van der Waals surface area contributed by atoms with Gasteiger partial charge < -0.3 is 15.5 Å². The van der Waals surface area contributed by atoms with Gasteiger partial charge in [-0.3, -0.25) is 14.9 Å². The summed E-state index contributed by atoms with van der Waals surface area (Å²) in [7, 11) is 0. The standard InChI is InChI=1S/C27H30N6O4S3/c1-17(26(2,36)18-11-5-3-6-12-18)22(34)28-24-32-30-20(39-24)15-9-10-16-21-31-33-25(40-21)29-23(35)27(37,38)19-13-7-4-8-14-19/h3-8,11-14,17,36-38H,9-10,15-16H2,1-2H3,(H,28,32,34)(H,29,33,35). The summed E-state index contributed by atoms with van der Waals surface area (Å²) in [4.78, 5) is 23.3. The average molecular weight is 599 g/mol. The van der Waals surface area contributed by atoms with Gasteiger partial charge in [0.15, 0.2) is 0 Å². The summed E-state index contributed by atoms with van der Waals surface area (Å²) in [6.07, 6.45) is 2.96. The van der Waals surface area contributed by atoms with Gasteiger partial charge in [0.05, 0.1) is 11.5 Å². The number of nitrogens with zero attached hydrogens (tertiary/aromatic N) is 4. The summed E-state index contributed by atoms with van der Waals surface area (Å²) >= 11 is 6.67. The van der Waals surface area contributed by atoms with Gasteiger partial charge in [-0.2, -0.15) is 0 Å². The lowest BCUT2D eigenvalue weighted by Gasteiger charge is -2.29. The minimum atomic E-state index is -2.00. The van der Waals surface area contributed by atoms with Crippen LogP contribution in [0.5, 0.6) is 0 Å². The first-order valence-corrected chi connectivity index (χ1v) is 14.7. The molecule has 4 N–H and O–H groups in total. The van der Waals surface area contributed by atoms with E-state index in [-0.39, 0.29) is 11.0 Å². The van der Waals surface area contributed by atoms with Crippen LogP contribution in [0.2, 0.25) is 0 Å². The van der Waals surface area contributed by atoms with E-state index in [2.05, 4.69) is 43.7 Å². The number of rotatable bonds is 12. The Bertz CT molecular complexity index is 1430. The molecule has 0 radical (unpaired) electrons. The lowest BCUT2D eigenvalue weighted by atomic mass is 9.83. The number of carbonyl (C=O) groups excluding carboxylic acids is 2. The second-order valence-electron chi connectivity index (χ2n) is 9.43. The topological polar surface area (TPSA) is 150 Å². The number of nitrogens with one attached hydrogen (secondary N) is 2. The Morgan fingerprint density at radius 1 is 0.825 bits per heavy atom. The zero-order valence-electron chi connectivity index (χ0n) is 21.9. The SMILES string of the molecule is CC(C(=O)Nc1nnc(CCCCc2nnc(NC(=O)C(O)(S)c3ccccc3)s2)s1)C(C)(O)c1ccccc1. The molecule has 2 amide bonds. The molecule has 0 fully saturated rings. The van der Waals surface area contributed by atoms with Crippen LogP contribution >= 0.6 is 35.3 Å². The predicted octanol–water partition coefficient (Wildman–Crippen LogP) is 4.15. The summed E-state index contributed by atoms with van der Waals surface area (Å²) < 4.78 is 0. The first-order chi connectivity index (χ1) is 19.1. The molecule has 10 nitrogen and oxygen atoms in total. The highest BCUT2D eigenvalue weighted by Gasteiger charge is 2.36. The van der Waals surface area contributed by atoms with E-state index in [0.717, 1.165) is 22.9 Å². The number of anilines is 2. The molecule has 0 saturated carbocycles. The van der Waals surface area contributed by atoms with Gasteiger partial charge in [0, 0.05) is 18.4 Å². The molecule has 40 heavy (non-hydrogen) atoms. The molecule has 4 aromatic rings. The molecule has 2 aromatic heterocycles. The Kier molecular flexibility index (Phi) is 9.64. The van der Waals surface area contributed by atoms with E-state index in [1.54, 1.807) is 56.3 Å². The highest BCUT2D eigenvalue weighted by molar-refractivity contribution is 7.82. The molecule has 4 rings (SSSR count). The zero-order chi connectivity index (χ0) is 28.8. The molecule has 0 bridgehead atoms. The van der Waals surface area contributed by atoms with Gasteiger partial charge in [0.25, 0.3) is 5.91 Å². The fourth-order valence-corrected chi connectivity index (χ4v) is 5.61. The number of amides is 2. The number of hydrogen-bond acceptors (Lipinski definition) is 11. The van der Waals surface area contributed by atoms with E-state index >= 15 is 0 Å². The molecule has 2 aromatic carbocycles. The van der Waals surface area contributed by atoms with Crippen LogP contribution in [0, 0.1) is 5.92 Å². The Hall–Kier alpha value is -3.23. The number of thiol groups is 1. The Morgan fingerprint density at radius 3 is 1.82 bits per heavy atom. The summed E-state index contributed by atoms with van der Waals surface area (Å²) in [5, 5.41) is 45.4. The number of carbonyl (C=O) groups is 2. The maximum absolute atomic E-state index is 12.8. The van der Waals surface area contributed by atoms with E-state index in [9.17, 15) is 19.8 Å². The number of benzene rings is 2. The van der Waals surface area contributed by atoms with Crippen LogP contribution in [0.15, 0.2) is 60.7 Å². The van der Waals surface area contributed by atoms with Crippen LogP contribution in [0.1, 0.15) is 47.8 Å². The molecule has 0 aliphatic carbocycles. The van der Waals surface area contributed by atoms with Crippen molar-refractivity contribution in [1.29, 1.82) is 0 Å². The van der Waals surface area contributed by atoms with Crippen LogP contribution in [0.4, 0.5) is 10.3 Å². The number of unbranched alkanes of at least 4 members (excludes halogenated alkanes) is 1. The molecule has 13 heteroatoms. The van der Waals surface area contributed by atoms with Gasteiger partial charge in [-0.1, -0.05) is 90.3 Å². The maximum Gasteiger partial charge on any atom is 0.273 e. The molecule has 3 atom stereocenters. The van der Waals surface area contributed by atoms with Gasteiger partial charge in [-0.25, -0.2) is 0 Å². The summed E-state index contributed by atoms with van der Waals surface area (Å²) in [5.74, 6) is -1.75. The van der Waals surface area contributed by atoms with Crippen molar-refractivity contribution in [3.05, 3.63) is 81.8 Å². The van der Waals surface area contributed by atoms with Crippen molar-refractivity contribution in [3.63, 3.8) is 0 Å². The smallest absolute Gasteiger partial charge is 0.273 e. The van der Waals surface area contributed by atoms with E-state index in [0.29, 0.717) is 29.1 Å². The number of aromatic nitrogens is 4. The number of hydrogen-bond donors (Lipinski definition) is 5. The van der Waals surface area contributed by atoms with Gasteiger partial charge in [-0.05, 0) is 25.3 Å². The molecule has 2 heterocycles. The minimum absolute atomic E-state index is 0.286. The van der Waals surface area contributed by atoms with Crippen molar-refractivity contribution in [1.82, 2.24) is 20.4 Å². The molecule has 0 aliphatic heterocycles. The van der Waals surface area contributed by atoms with E-state index in [1.165, 1.54) is 22.7 Å². The summed E-state index contributed by atoms with van der Waals surface area (Å²) in [5.41, 5.74) is -0.313. The van der Waals surface area contributed by atoms with Gasteiger partial charge >= 0.3 is 0 Å². The highest BCUT2D eigenvalue weighted by atomic mass is 32.1. The molecule has 0 saturated heterocycles. The van der Waals surface area contributed by atoms with Crippen LogP contribution in [-0.4, -0.2) is 42.4 Å². The van der Waals surface area contributed by atoms with E-state index in [1.807, 2.05) is 18.2 Å². The summed E-state index contributed by atoms with van der Waals surface area (Å²) in [6, 6.07) is 17.5. The lowest BCUT2D eigenvalue weighted by Crippen LogP contribution is -2.38. The van der Waals surface area contributed by atoms with Crippen molar-refractivity contribution in [2.24, 2.45) is 5.92 Å². The fourth-order valence-electron chi connectivity index (χ4n) is 3.84. The van der Waals surface area contributed by atoms with Crippen molar-refractivity contribution < 1.29 is 19.8 Å². The van der Waals surface area contributed by atoms with Gasteiger partial charge in [0.2, 0.25) is 21.1 Å². The molecule has 3 unspecified atom stereocenters. The second kappa shape index (κ2) is 13.0. The number of aliphatic hydroxyl groups is 2. The first kappa shape index (κ1) is 29.7. The normalized spacial score (nSPS) is 15.0. The third-order valence-electron chi connectivity index (χ3n) is 6.50.